The summed E-state index contributed by atoms with van der Waals surface area (Å²) in [7, 11) is 0. The molecule has 5 amide bonds. The van der Waals surface area contributed by atoms with Gasteiger partial charge in [0.15, 0.2) is 0 Å². The van der Waals surface area contributed by atoms with Crippen molar-refractivity contribution in [3.05, 3.63) is 0 Å². The van der Waals surface area contributed by atoms with Gasteiger partial charge in [0.25, 0.3) is 0 Å². The van der Waals surface area contributed by atoms with Gasteiger partial charge in [-0.05, 0) is 59.3 Å². The third-order valence-corrected chi connectivity index (χ3v) is 8.72. The molecule has 0 aromatic rings. The van der Waals surface area contributed by atoms with Crippen LogP contribution in [0.4, 0.5) is 14.4 Å². The molecule has 196 valence electrons. The predicted octanol–water partition coefficient (Wildman–Crippen LogP) is 4.07. The Kier molecular flexibility index (Phi) is 6.55. The van der Waals surface area contributed by atoms with Crippen LogP contribution in [0.15, 0.2) is 0 Å². The van der Waals surface area contributed by atoms with Gasteiger partial charge in [-0.1, -0.05) is 25.7 Å². The molecule has 3 aliphatic heterocycles. The average Bonchev–Trinajstić information content (AvgIpc) is 3.60. The minimum atomic E-state index is -0.815. The van der Waals surface area contributed by atoms with Crippen molar-refractivity contribution in [1.29, 1.82) is 0 Å². The summed E-state index contributed by atoms with van der Waals surface area (Å²) in [6, 6.07) is 0.684. The summed E-state index contributed by atoms with van der Waals surface area (Å²) in [5.41, 5.74) is -1.41. The van der Waals surface area contributed by atoms with E-state index in [4.69, 9.17) is 4.74 Å². The summed E-state index contributed by atoms with van der Waals surface area (Å²) in [6.07, 6.45) is 10.0. The summed E-state index contributed by atoms with van der Waals surface area (Å²) in [4.78, 5) is 50.5. The number of likely N-dealkylation sites (tertiary alicyclic amines) is 1. The zero-order valence-corrected chi connectivity index (χ0v) is 21.8. The first-order chi connectivity index (χ1) is 16.7. The molecule has 5 rings (SSSR count). The molecule has 0 aromatic carbocycles. The molecular formula is C26H43N5O4. The number of ether oxygens (including phenoxy) is 1. The number of hydrogen-bond donors (Lipinski definition) is 0. The van der Waals surface area contributed by atoms with Gasteiger partial charge in [0.1, 0.15) is 11.3 Å². The minimum Gasteiger partial charge on any atom is -0.444 e. The van der Waals surface area contributed by atoms with Crippen molar-refractivity contribution in [2.75, 3.05) is 39.3 Å². The monoisotopic (exact) mass is 489 g/mol. The summed E-state index contributed by atoms with van der Waals surface area (Å²) >= 11 is 0. The van der Waals surface area contributed by atoms with Gasteiger partial charge in [0.2, 0.25) is 0 Å². The van der Waals surface area contributed by atoms with Gasteiger partial charge < -0.3 is 19.4 Å². The van der Waals surface area contributed by atoms with Gasteiger partial charge in [-0.25, -0.2) is 14.4 Å². The fourth-order valence-corrected chi connectivity index (χ4v) is 7.08. The molecule has 5 fully saturated rings. The third kappa shape index (κ3) is 4.55. The van der Waals surface area contributed by atoms with Gasteiger partial charge in [-0.3, -0.25) is 9.80 Å². The standard InChI is InChI=1S/C26H43N5O4/c1-25(2,3)35-24(34)27-14-8-13-26(19-27,30-17-15-28(22(30)32)20-9-4-5-10-20)31-18-16-29(23(31)33)21-11-6-7-12-21/h20-21H,4-19H2,1-3H3. The van der Waals surface area contributed by atoms with Crippen LogP contribution in [-0.4, -0.2) is 105 Å². The summed E-state index contributed by atoms with van der Waals surface area (Å²) in [5.74, 6) is 0. The van der Waals surface area contributed by atoms with E-state index >= 15 is 0 Å². The summed E-state index contributed by atoms with van der Waals surface area (Å²) < 4.78 is 5.71. The van der Waals surface area contributed by atoms with Crippen LogP contribution in [0.2, 0.25) is 0 Å². The Bertz CT molecular complexity index is 786. The molecule has 35 heavy (non-hydrogen) atoms. The number of amides is 5. The van der Waals surface area contributed by atoms with E-state index < -0.39 is 11.3 Å². The lowest BCUT2D eigenvalue weighted by atomic mass is 9.94. The Hall–Kier alpha value is -2.19. The van der Waals surface area contributed by atoms with E-state index in [0.717, 1.165) is 32.1 Å². The lowest BCUT2D eigenvalue weighted by Gasteiger charge is -2.52. The largest absolute Gasteiger partial charge is 0.444 e. The number of carbonyl (C=O) groups is 3. The third-order valence-electron chi connectivity index (χ3n) is 8.72. The molecule has 9 nitrogen and oxygen atoms in total. The number of nitrogens with zero attached hydrogens (tertiary/aromatic N) is 5. The van der Waals surface area contributed by atoms with Crippen molar-refractivity contribution in [1.82, 2.24) is 24.5 Å². The molecule has 5 aliphatic rings. The van der Waals surface area contributed by atoms with Gasteiger partial charge in [-0.15, -0.1) is 0 Å². The molecule has 0 unspecified atom stereocenters. The molecule has 9 heteroatoms. The lowest BCUT2D eigenvalue weighted by Crippen LogP contribution is -2.70. The highest BCUT2D eigenvalue weighted by Gasteiger charge is 2.56. The molecule has 0 radical (unpaired) electrons. The molecule has 3 saturated heterocycles. The Balaban J connectivity index is 1.43. The highest BCUT2D eigenvalue weighted by atomic mass is 16.6. The van der Waals surface area contributed by atoms with E-state index in [1.54, 1.807) is 4.90 Å². The number of urea groups is 2. The van der Waals surface area contributed by atoms with Crippen LogP contribution >= 0.6 is 0 Å². The van der Waals surface area contributed by atoms with E-state index in [9.17, 15) is 14.4 Å². The predicted molar refractivity (Wildman–Crippen MR) is 132 cm³/mol. The van der Waals surface area contributed by atoms with Gasteiger partial charge in [0, 0.05) is 44.8 Å². The molecule has 0 aromatic heterocycles. The second kappa shape index (κ2) is 9.36. The van der Waals surface area contributed by atoms with Crippen LogP contribution in [0.3, 0.4) is 0 Å². The maximum Gasteiger partial charge on any atom is 0.410 e. The smallest absolute Gasteiger partial charge is 0.410 e. The van der Waals surface area contributed by atoms with Crippen LogP contribution in [0.5, 0.6) is 0 Å². The Labute approximate surface area is 209 Å². The zero-order valence-electron chi connectivity index (χ0n) is 21.8. The van der Waals surface area contributed by atoms with E-state index in [0.29, 0.717) is 57.8 Å². The first-order valence-electron chi connectivity index (χ1n) is 13.8. The molecule has 0 N–H and O–H groups in total. The first-order valence-corrected chi connectivity index (χ1v) is 13.8. The SMILES string of the molecule is CC(C)(C)OC(=O)N1CCCC(N2CCN(C3CCCC3)C2=O)(N2CCN(C3CCCC3)C2=O)C1. The maximum absolute atomic E-state index is 13.9. The topological polar surface area (TPSA) is 76.6 Å². The molecule has 0 bridgehead atoms. The fourth-order valence-electron chi connectivity index (χ4n) is 7.08. The quantitative estimate of drug-likeness (QED) is 0.596. The number of rotatable bonds is 4. The van der Waals surface area contributed by atoms with Crippen LogP contribution in [-0.2, 0) is 4.74 Å². The molecule has 0 atom stereocenters. The van der Waals surface area contributed by atoms with Crippen molar-refractivity contribution in [2.45, 2.75) is 108 Å². The Morgan fingerprint density at radius 3 is 1.71 bits per heavy atom. The lowest BCUT2D eigenvalue weighted by molar-refractivity contribution is -0.0531. The zero-order chi connectivity index (χ0) is 24.8. The van der Waals surface area contributed by atoms with Crippen molar-refractivity contribution < 1.29 is 19.1 Å². The Morgan fingerprint density at radius 2 is 1.26 bits per heavy atom. The van der Waals surface area contributed by atoms with E-state index in [2.05, 4.69) is 0 Å². The maximum atomic E-state index is 13.9. The van der Waals surface area contributed by atoms with E-state index in [1.165, 1.54) is 25.7 Å². The molecule has 2 saturated carbocycles. The highest BCUT2D eigenvalue weighted by molar-refractivity contribution is 5.82. The number of carbonyl (C=O) groups excluding carboxylic acids is 3. The van der Waals surface area contributed by atoms with Crippen LogP contribution in [0.1, 0.15) is 85.0 Å². The number of piperidine rings is 1. The van der Waals surface area contributed by atoms with Gasteiger partial charge in [0.05, 0.1) is 6.54 Å². The minimum absolute atomic E-state index is 0.0371. The summed E-state index contributed by atoms with van der Waals surface area (Å²) in [5, 5.41) is 0. The van der Waals surface area contributed by atoms with Gasteiger partial charge >= 0.3 is 18.2 Å². The molecule has 0 spiro atoms. The van der Waals surface area contributed by atoms with Crippen molar-refractivity contribution >= 4 is 18.2 Å². The molecule has 3 heterocycles. The first kappa shape index (κ1) is 24.5. The number of hydrogen-bond acceptors (Lipinski definition) is 4. The van der Waals surface area contributed by atoms with Gasteiger partial charge in [-0.2, -0.15) is 0 Å². The van der Waals surface area contributed by atoms with Crippen LogP contribution in [0, 0.1) is 0 Å². The normalized spacial score (nSPS) is 26.5. The van der Waals surface area contributed by atoms with E-state index in [-0.39, 0.29) is 18.2 Å². The Morgan fingerprint density at radius 1 is 0.771 bits per heavy atom. The van der Waals surface area contributed by atoms with Crippen LogP contribution in [0.25, 0.3) is 0 Å². The molecular weight excluding hydrogens is 446 g/mol. The van der Waals surface area contributed by atoms with Crippen molar-refractivity contribution in [3.8, 4) is 0 Å². The summed E-state index contributed by atoms with van der Waals surface area (Å²) in [6.45, 7) is 9.11. The fraction of sp³-hybridized carbons (Fsp3) is 0.885. The average molecular weight is 490 g/mol. The van der Waals surface area contributed by atoms with E-state index in [1.807, 2.05) is 40.4 Å². The van der Waals surface area contributed by atoms with Crippen molar-refractivity contribution in [2.24, 2.45) is 0 Å². The molecule has 2 aliphatic carbocycles. The second-order valence-corrected chi connectivity index (χ2v) is 12.1. The van der Waals surface area contributed by atoms with Crippen LogP contribution < -0.4 is 0 Å². The van der Waals surface area contributed by atoms with Crippen molar-refractivity contribution in [3.63, 3.8) is 0 Å². The second-order valence-electron chi connectivity index (χ2n) is 12.1. The highest BCUT2D eigenvalue weighted by Crippen LogP contribution is 2.40.